The topological polar surface area (TPSA) is 97.1 Å². The molecule has 7 heteroatoms. The Morgan fingerprint density at radius 2 is 2.05 bits per heavy atom. The molecule has 7 nitrogen and oxygen atoms in total. The van der Waals surface area contributed by atoms with Crippen LogP contribution in [-0.2, 0) is 16.8 Å². The van der Waals surface area contributed by atoms with E-state index < -0.39 is 11.4 Å². The maximum absolute atomic E-state index is 11.9. The molecule has 1 fully saturated rings. The molecule has 1 aromatic rings. The molecule has 0 spiro atoms. The lowest BCUT2D eigenvalue weighted by Crippen LogP contribution is -2.32. The molecule has 1 aliphatic carbocycles. The number of carbonyl (C=O) groups is 2. The molecule has 0 aliphatic heterocycles. The van der Waals surface area contributed by atoms with Gasteiger partial charge in [-0.05, 0) is 18.8 Å². The van der Waals surface area contributed by atoms with Crippen LogP contribution in [0.4, 0.5) is 0 Å². The third kappa shape index (κ3) is 3.34. The maximum atomic E-state index is 11.9. The lowest BCUT2D eigenvalue weighted by atomic mass is 9.90. The number of hydrogen-bond donors (Lipinski definition) is 2. The Morgan fingerprint density at radius 3 is 2.55 bits per heavy atom. The summed E-state index contributed by atoms with van der Waals surface area (Å²) in [6.45, 7) is 6.30. The van der Waals surface area contributed by atoms with Crippen molar-refractivity contribution in [3.63, 3.8) is 0 Å². The van der Waals surface area contributed by atoms with Gasteiger partial charge >= 0.3 is 5.97 Å². The molecule has 1 heterocycles. The fourth-order valence-electron chi connectivity index (χ4n) is 2.08. The lowest BCUT2D eigenvalue weighted by molar-refractivity contribution is -0.122. The minimum absolute atomic E-state index is 0.000394. The molecular weight excluding hydrogens is 260 g/mol. The molecule has 2 rings (SSSR count). The molecule has 0 saturated heterocycles. The first-order valence-electron chi connectivity index (χ1n) is 6.73. The SMILES string of the molecule is CC(C)(C)c1c(C(=O)O)nnn1CC(=O)NCC1CC1. The summed E-state index contributed by atoms with van der Waals surface area (Å²) in [5.41, 5.74) is -0.0763. The normalized spacial score (nSPS) is 15.2. The average molecular weight is 280 g/mol. The van der Waals surface area contributed by atoms with Crippen LogP contribution in [0.2, 0.25) is 0 Å². The number of rotatable bonds is 5. The molecule has 1 aliphatic rings. The number of carbonyl (C=O) groups excluding carboxylic acids is 1. The van der Waals surface area contributed by atoms with E-state index in [-0.39, 0.29) is 18.1 Å². The van der Waals surface area contributed by atoms with Crippen LogP contribution < -0.4 is 5.32 Å². The number of carboxylic acid groups (broad SMARTS) is 1. The quantitative estimate of drug-likeness (QED) is 0.831. The van der Waals surface area contributed by atoms with E-state index in [1.165, 1.54) is 17.5 Å². The van der Waals surface area contributed by atoms with Crippen molar-refractivity contribution in [2.24, 2.45) is 5.92 Å². The predicted molar refractivity (Wildman–Crippen MR) is 71.4 cm³/mol. The number of amides is 1. The van der Waals surface area contributed by atoms with Gasteiger partial charge in [0.15, 0.2) is 5.69 Å². The zero-order valence-electron chi connectivity index (χ0n) is 12.0. The number of nitrogens with zero attached hydrogens (tertiary/aromatic N) is 3. The van der Waals surface area contributed by atoms with Crippen LogP contribution in [-0.4, -0.2) is 38.5 Å². The molecule has 0 unspecified atom stereocenters. The van der Waals surface area contributed by atoms with Crippen LogP contribution >= 0.6 is 0 Å². The standard InChI is InChI=1S/C13H20N4O3/c1-13(2,3)11-10(12(19)20)15-16-17(11)7-9(18)14-6-8-4-5-8/h8H,4-7H2,1-3H3,(H,14,18)(H,19,20). The van der Waals surface area contributed by atoms with Crippen molar-refractivity contribution < 1.29 is 14.7 Å². The van der Waals surface area contributed by atoms with Crippen LogP contribution in [0.1, 0.15) is 49.8 Å². The number of aromatic carboxylic acids is 1. The molecular formula is C13H20N4O3. The van der Waals surface area contributed by atoms with Gasteiger partial charge in [-0.2, -0.15) is 0 Å². The zero-order chi connectivity index (χ0) is 14.9. The number of nitrogens with one attached hydrogen (secondary N) is 1. The van der Waals surface area contributed by atoms with E-state index in [1.807, 2.05) is 20.8 Å². The van der Waals surface area contributed by atoms with Gasteiger partial charge in [-0.25, -0.2) is 9.48 Å². The van der Waals surface area contributed by atoms with E-state index in [9.17, 15) is 9.59 Å². The highest BCUT2D eigenvalue weighted by Crippen LogP contribution is 2.27. The number of aromatic nitrogens is 3. The van der Waals surface area contributed by atoms with Crippen molar-refractivity contribution in [1.82, 2.24) is 20.3 Å². The summed E-state index contributed by atoms with van der Waals surface area (Å²) in [6.07, 6.45) is 2.33. The fraction of sp³-hybridized carbons (Fsp3) is 0.692. The van der Waals surface area contributed by atoms with Crippen molar-refractivity contribution in [2.75, 3.05) is 6.54 Å². The highest BCUT2D eigenvalue weighted by Gasteiger charge is 2.30. The highest BCUT2D eigenvalue weighted by molar-refractivity contribution is 5.87. The predicted octanol–water partition coefficient (Wildman–Crippen LogP) is 0.800. The van der Waals surface area contributed by atoms with E-state index in [2.05, 4.69) is 15.6 Å². The first-order chi connectivity index (χ1) is 9.29. The Hall–Kier alpha value is -1.92. The smallest absolute Gasteiger partial charge is 0.358 e. The summed E-state index contributed by atoms with van der Waals surface area (Å²) in [4.78, 5) is 23.0. The number of hydrogen-bond acceptors (Lipinski definition) is 4. The Balaban J connectivity index is 2.13. The van der Waals surface area contributed by atoms with Crippen LogP contribution in [0.5, 0.6) is 0 Å². The maximum Gasteiger partial charge on any atom is 0.358 e. The zero-order valence-corrected chi connectivity index (χ0v) is 12.0. The second-order valence-corrected chi connectivity index (χ2v) is 6.25. The minimum Gasteiger partial charge on any atom is -0.476 e. The first-order valence-corrected chi connectivity index (χ1v) is 6.73. The summed E-state index contributed by atoms with van der Waals surface area (Å²) in [6, 6.07) is 0. The molecule has 110 valence electrons. The van der Waals surface area contributed by atoms with Crippen molar-refractivity contribution in [3.8, 4) is 0 Å². The van der Waals surface area contributed by atoms with Crippen LogP contribution in [0.3, 0.4) is 0 Å². The highest BCUT2D eigenvalue weighted by atomic mass is 16.4. The van der Waals surface area contributed by atoms with Crippen molar-refractivity contribution >= 4 is 11.9 Å². The van der Waals surface area contributed by atoms with Gasteiger partial charge in [-0.1, -0.05) is 26.0 Å². The van der Waals surface area contributed by atoms with E-state index in [4.69, 9.17) is 5.11 Å². The Morgan fingerprint density at radius 1 is 1.40 bits per heavy atom. The summed E-state index contributed by atoms with van der Waals surface area (Å²) in [5.74, 6) is -0.685. The van der Waals surface area contributed by atoms with E-state index in [1.54, 1.807) is 0 Å². The molecule has 0 atom stereocenters. The van der Waals surface area contributed by atoms with E-state index in [0.717, 1.165) is 0 Å². The van der Waals surface area contributed by atoms with Gasteiger partial charge in [0.05, 0.1) is 5.69 Å². The minimum atomic E-state index is -1.13. The molecule has 0 aromatic carbocycles. The van der Waals surface area contributed by atoms with Gasteiger partial charge in [0.25, 0.3) is 0 Å². The van der Waals surface area contributed by atoms with Crippen molar-refractivity contribution in [2.45, 2.75) is 45.6 Å². The monoisotopic (exact) mass is 280 g/mol. The van der Waals surface area contributed by atoms with Crippen LogP contribution in [0, 0.1) is 5.92 Å². The second kappa shape index (κ2) is 5.22. The second-order valence-electron chi connectivity index (χ2n) is 6.25. The van der Waals surface area contributed by atoms with Crippen LogP contribution in [0.15, 0.2) is 0 Å². The molecule has 20 heavy (non-hydrogen) atoms. The third-order valence-corrected chi connectivity index (χ3v) is 3.23. The van der Waals surface area contributed by atoms with Gasteiger partial charge in [0.1, 0.15) is 6.54 Å². The Labute approximate surface area is 117 Å². The van der Waals surface area contributed by atoms with Crippen molar-refractivity contribution in [3.05, 3.63) is 11.4 Å². The average Bonchev–Trinajstić information content (AvgIpc) is 3.04. The van der Waals surface area contributed by atoms with Gasteiger partial charge in [-0.3, -0.25) is 4.79 Å². The molecule has 1 amide bonds. The van der Waals surface area contributed by atoms with E-state index >= 15 is 0 Å². The summed E-state index contributed by atoms with van der Waals surface area (Å²) >= 11 is 0. The van der Waals surface area contributed by atoms with Crippen molar-refractivity contribution in [1.29, 1.82) is 0 Å². The van der Waals surface area contributed by atoms with Gasteiger partial charge in [-0.15, -0.1) is 5.10 Å². The number of carboxylic acids is 1. The molecule has 0 bridgehead atoms. The molecule has 1 saturated carbocycles. The van der Waals surface area contributed by atoms with Crippen LogP contribution in [0.25, 0.3) is 0 Å². The molecule has 2 N–H and O–H groups in total. The van der Waals surface area contributed by atoms with Gasteiger partial charge < -0.3 is 10.4 Å². The first kappa shape index (κ1) is 14.5. The summed E-state index contributed by atoms with van der Waals surface area (Å²) < 4.78 is 1.38. The molecule has 0 radical (unpaired) electrons. The Bertz CT molecular complexity index is 526. The van der Waals surface area contributed by atoms with Gasteiger partial charge in [0.2, 0.25) is 5.91 Å². The largest absolute Gasteiger partial charge is 0.476 e. The molecule has 1 aromatic heterocycles. The van der Waals surface area contributed by atoms with Gasteiger partial charge in [0, 0.05) is 12.0 Å². The third-order valence-electron chi connectivity index (χ3n) is 3.23. The lowest BCUT2D eigenvalue weighted by Gasteiger charge is -2.20. The summed E-state index contributed by atoms with van der Waals surface area (Å²) in [7, 11) is 0. The Kier molecular flexibility index (Phi) is 3.78. The van der Waals surface area contributed by atoms with E-state index in [0.29, 0.717) is 18.2 Å². The fourth-order valence-corrected chi connectivity index (χ4v) is 2.08. The summed E-state index contributed by atoms with van der Waals surface area (Å²) in [5, 5.41) is 19.5.